The Bertz CT molecular complexity index is 1600. The van der Waals surface area contributed by atoms with Gasteiger partial charge >= 0.3 is 6.18 Å². The zero-order valence-corrected chi connectivity index (χ0v) is 27.3. The summed E-state index contributed by atoms with van der Waals surface area (Å²) in [4.78, 5) is 28.6. The molecule has 8 nitrogen and oxygen atoms in total. The largest absolute Gasteiger partial charge is 0.497 e. The van der Waals surface area contributed by atoms with Crippen LogP contribution in [-0.2, 0) is 32.3 Å². The SMILES string of the molecule is CC[C@H](C(=O)N[C@@H](C)CC)N(Cc1cccc(OC)c1)C(=O)CN(c1ccc(Cl)c(C(F)(F)F)c1)S(=O)(=O)c1ccc(C)cc1. The third kappa shape index (κ3) is 8.91. The van der Waals surface area contributed by atoms with Crippen LogP contribution >= 0.6 is 11.6 Å². The third-order valence-corrected chi connectivity index (χ3v) is 9.42. The van der Waals surface area contributed by atoms with Crippen LogP contribution < -0.4 is 14.4 Å². The number of aryl methyl sites for hydroxylation is 1. The van der Waals surface area contributed by atoms with E-state index < -0.39 is 56.9 Å². The average Bonchev–Trinajstić information content (AvgIpc) is 2.99. The number of nitrogens with one attached hydrogen (secondary N) is 1. The predicted molar refractivity (Wildman–Crippen MR) is 168 cm³/mol. The summed E-state index contributed by atoms with van der Waals surface area (Å²) >= 11 is 5.84. The normalized spacial score (nSPS) is 13.1. The van der Waals surface area contributed by atoms with Gasteiger partial charge in [0.25, 0.3) is 10.0 Å². The molecule has 0 bridgehead atoms. The highest BCUT2D eigenvalue weighted by Gasteiger charge is 2.37. The Balaban J connectivity index is 2.16. The van der Waals surface area contributed by atoms with Gasteiger partial charge in [-0.3, -0.25) is 13.9 Å². The van der Waals surface area contributed by atoms with Gasteiger partial charge in [0.1, 0.15) is 18.3 Å². The Morgan fingerprint density at radius 1 is 1.00 bits per heavy atom. The van der Waals surface area contributed by atoms with Crippen LogP contribution in [0.1, 0.15) is 50.3 Å². The molecule has 0 aliphatic heterocycles. The van der Waals surface area contributed by atoms with Crippen LogP contribution in [0.5, 0.6) is 5.75 Å². The van der Waals surface area contributed by atoms with Crippen molar-refractivity contribution < 1.29 is 35.9 Å². The van der Waals surface area contributed by atoms with Crippen molar-refractivity contribution in [3.05, 3.63) is 88.4 Å². The molecule has 2 amide bonds. The molecule has 3 rings (SSSR count). The van der Waals surface area contributed by atoms with Crippen LogP contribution in [-0.4, -0.2) is 50.9 Å². The maximum absolute atomic E-state index is 14.2. The fraction of sp³-hybridized carbons (Fsp3) is 0.375. The van der Waals surface area contributed by atoms with E-state index in [9.17, 15) is 31.2 Å². The van der Waals surface area contributed by atoms with Crippen LogP contribution in [0, 0.1) is 6.92 Å². The van der Waals surface area contributed by atoms with E-state index >= 15 is 0 Å². The molecule has 244 valence electrons. The van der Waals surface area contributed by atoms with Gasteiger partial charge in [-0.25, -0.2) is 8.42 Å². The monoisotopic (exact) mass is 667 g/mol. The number of hydrogen-bond acceptors (Lipinski definition) is 5. The molecule has 0 spiro atoms. The van der Waals surface area contributed by atoms with Gasteiger partial charge < -0.3 is 15.0 Å². The summed E-state index contributed by atoms with van der Waals surface area (Å²) in [6.07, 6.45) is -4.08. The molecule has 0 heterocycles. The highest BCUT2D eigenvalue weighted by Crippen LogP contribution is 2.38. The summed E-state index contributed by atoms with van der Waals surface area (Å²) in [5, 5.41) is 2.24. The lowest BCUT2D eigenvalue weighted by Crippen LogP contribution is -2.53. The van der Waals surface area contributed by atoms with E-state index in [1.165, 1.54) is 36.3 Å². The van der Waals surface area contributed by atoms with E-state index in [1.807, 2.05) is 13.8 Å². The third-order valence-electron chi connectivity index (χ3n) is 7.31. The fourth-order valence-corrected chi connectivity index (χ4v) is 6.21. The number of halogens is 4. The van der Waals surface area contributed by atoms with Crippen molar-refractivity contribution in [2.75, 3.05) is 18.0 Å². The molecule has 0 aromatic heterocycles. The number of nitrogens with zero attached hydrogens (tertiary/aromatic N) is 2. The lowest BCUT2D eigenvalue weighted by molar-refractivity contribution is -0.140. The Morgan fingerprint density at radius 2 is 1.67 bits per heavy atom. The van der Waals surface area contributed by atoms with Crippen LogP contribution in [0.15, 0.2) is 71.6 Å². The second-order valence-corrected chi connectivity index (χ2v) is 12.9. The first-order valence-corrected chi connectivity index (χ1v) is 16.1. The summed E-state index contributed by atoms with van der Waals surface area (Å²) in [7, 11) is -3.10. The van der Waals surface area contributed by atoms with E-state index in [1.54, 1.807) is 38.1 Å². The van der Waals surface area contributed by atoms with E-state index in [0.29, 0.717) is 28.1 Å². The van der Waals surface area contributed by atoms with E-state index in [2.05, 4.69) is 5.32 Å². The number of anilines is 1. The van der Waals surface area contributed by atoms with Gasteiger partial charge in [0, 0.05) is 12.6 Å². The number of carbonyl (C=O) groups is 2. The van der Waals surface area contributed by atoms with Crippen molar-refractivity contribution in [2.45, 2.75) is 70.2 Å². The molecule has 13 heteroatoms. The summed E-state index contributed by atoms with van der Waals surface area (Å²) < 4.78 is 75.4. The summed E-state index contributed by atoms with van der Waals surface area (Å²) in [5.74, 6) is -0.744. The molecular weight excluding hydrogens is 631 g/mol. The van der Waals surface area contributed by atoms with Gasteiger partial charge in [0.15, 0.2) is 0 Å². The number of methoxy groups -OCH3 is 1. The molecule has 3 aromatic rings. The number of hydrogen-bond donors (Lipinski definition) is 1. The van der Waals surface area contributed by atoms with Gasteiger partial charge in [-0.2, -0.15) is 13.2 Å². The predicted octanol–water partition coefficient (Wildman–Crippen LogP) is 6.59. The minimum Gasteiger partial charge on any atom is -0.497 e. The molecule has 0 aliphatic carbocycles. The van der Waals surface area contributed by atoms with Crippen molar-refractivity contribution >= 4 is 39.1 Å². The van der Waals surface area contributed by atoms with Crippen molar-refractivity contribution in [1.82, 2.24) is 10.2 Å². The molecule has 0 radical (unpaired) electrons. The number of benzene rings is 3. The minimum absolute atomic E-state index is 0.102. The first-order valence-electron chi connectivity index (χ1n) is 14.3. The molecule has 1 N–H and O–H groups in total. The second-order valence-electron chi connectivity index (χ2n) is 10.6. The van der Waals surface area contributed by atoms with Crippen LogP contribution in [0.3, 0.4) is 0 Å². The highest BCUT2D eigenvalue weighted by molar-refractivity contribution is 7.92. The molecule has 0 fully saturated rings. The van der Waals surface area contributed by atoms with E-state index in [-0.39, 0.29) is 23.9 Å². The smallest absolute Gasteiger partial charge is 0.417 e. The zero-order valence-electron chi connectivity index (χ0n) is 25.7. The van der Waals surface area contributed by atoms with Gasteiger partial charge in [0.05, 0.1) is 28.3 Å². The van der Waals surface area contributed by atoms with Crippen molar-refractivity contribution in [2.24, 2.45) is 0 Å². The molecule has 0 unspecified atom stereocenters. The van der Waals surface area contributed by atoms with E-state index in [0.717, 1.165) is 17.7 Å². The lowest BCUT2D eigenvalue weighted by Gasteiger charge is -2.34. The number of ether oxygens (including phenoxy) is 1. The Labute approximate surface area is 267 Å². The molecule has 3 aromatic carbocycles. The van der Waals surface area contributed by atoms with Crippen LogP contribution in [0.25, 0.3) is 0 Å². The Morgan fingerprint density at radius 3 is 2.24 bits per heavy atom. The number of amides is 2. The number of sulfonamides is 1. The molecule has 0 saturated heterocycles. The number of carbonyl (C=O) groups excluding carboxylic acids is 2. The fourth-order valence-electron chi connectivity index (χ4n) is 4.58. The van der Waals surface area contributed by atoms with E-state index in [4.69, 9.17) is 16.3 Å². The Kier molecular flexibility index (Phi) is 11.9. The maximum Gasteiger partial charge on any atom is 0.417 e. The number of rotatable bonds is 13. The minimum atomic E-state index is -4.89. The van der Waals surface area contributed by atoms with Crippen molar-refractivity contribution in [1.29, 1.82) is 0 Å². The van der Waals surface area contributed by atoms with Gasteiger partial charge in [-0.15, -0.1) is 0 Å². The zero-order chi connectivity index (χ0) is 33.5. The van der Waals surface area contributed by atoms with Gasteiger partial charge in [-0.1, -0.05) is 55.3 Å². The summed E-state index contributed by atoms with van der Waals surface area (Å²) in [6, 6.07) is 13.9. The topological polar surface area (TPSA) is 96.0 Å². The van der Waals surface area contributed by atoms with Crippen molar-refractivity contribution in [3.63, 3.8) is 0 Å². The highest BCUT2D eigenvalue weighted by atomic mass is 35.5. The molecule has 45 heavy (non-hydrogen) atoms. The van der Waals surface area contributed by atoms with Crippen LogP contribution in [0.2, 0.25) is 5.02 Å². The second kappa shape index (κ2) is 15.0. The van der Waals surface area contributed by atoms with Gasteiger partial charge in [0.2, 0.25) is 11.8 Å². The van der Waals surface area contributed by atoms with Crippen LogP contribution in [0.4, 0.5) is 18.9 Å². The lowest BCUT2D eigenvalue weighted by atomic mass is 10.1. The molecular formula is C32H37ClF3N3O5S. The quantitative estimate of drug-likeness (QED) is 0.222. The number of alkyl halides is 3. The molecule has 0 saturated carbocycles. The Hall–Kier alpha value is -3.77. The van der Waals surface area contributed by atoms with Gasteiger partial charge in [-0.05, 0) is 74.7 Å². The first-order chi connectivity index (χ1) is 21.1. The average molecular weight is 668 g/mol. The summed E-state index contributed by atoms with van der Waals surface area (Å²) in [6.45, 7) is 6.16. The molecule has 2 atom stereocenters. The molecule has 0 aliphatic rings. The summed E-state index contributed by atoms with van der Waals surface area (Å²) in [5.41, 5.74) is -0.328. The first kappa shape index (κ1) is 35.7. The maximum atomic E-state index is 14.2. The van der Waals surface area contributed by atoms with Crippen molar-refractivity contribution in [3.8, 4) is 5.75 Å². The standard InChI is InChI=1S/C32H37ClF3N3O5S/c1-6-22(4)37-31(41)29(7-2)38(19-23-9-8-10-25(17-23)44-5)30(40)20-39(45(42,43)26-14-11-21(3)12-15-26)24-13-16-28(33)27(18-24)32(34,35)36/h8-18,22,29H,6-7,19-20H2,1-5H3,(H,37,41)/t22-,29+/m0/s1.